The minimum absolute atomic E-state index is 0.166. The lowest BCUT2D eigenvalue weighted by Crippen LogP contribution is -2.42. The molecule has 1 aliphatic heterocycles. The molecule has 2 aromatic carbocycles. The van der Waals surface area contributed by atoms with E-state index in [0.29, 0.717) is 13.1 Å². The number of amides is 1. The molecule has 0 N–H and O–H groups in total. The highest BCUT2D eigenvalue weighted by molar-refractivity contribution is 5.92. The number of esters is 1. The van der Waals surface area contributed by atoms with E-state index in [-0.39, 0.29) is 11.5 Å². The van der Waals surface area contributed by atoms with E-state index < -0.39 is 17.9 Å². The van der Waals surface area contributed by atoms with Gasteiger partial charge < -0.3 is 9.64 Å². The zero-order chi connectivity index (χ0) is 17.1. The van der Waals surface area contributed by atoms with Gasteiger partial charge in [-0.15, -0.1) is 0 Å². The van der Waals surface area contributed by atoms with Gasteiger partial charge in [0.1, 0.15) is 5.82 Å². The van der Waals surface area contributed by atoms with Crippen molar-refractivity contribution >= 4 is 11.9 Å². The summed E-state index contributed by atoms with van der Waals surface area (Å²) < 4.78 is 18.8. The van der Waals surface area contributed by atoms with Gasteiger partial charge in [0.05, 0.1) is 5.56 Å². The molecule has 0 unspecified atom stereocenters. The first-order chi connectivity index (χ1) is 11.6. The smallest absolute Gasteiger partial charge is 0.341 e. The molecular weight excluding hydrogens is 309 g/mol. The fourth-order valence-electron chi connectivity index (χ4n) is 2.84. The molecule has 124 valence electrons. The second-order valence-electron chi connectivity index (χ2n) is 5.81. The third kappa shape index (κ3) is 3.30. The normalized spacial score (nSPS) is 14.7. The highest BCUT2D eigenvalue weighted by Crippen LogP contribution is 2.20. The van der Waals surface area contributed by atoms with Gasteiger partial charge in [0.15, 0.2) is 6.10 Å². The van der Waals surface area contributed by atoms with Crippen molar-refractivity contribution in [2.75, 3.05) is 6.54 Å². The molecule has 4 nitrogen and oxygen atoms in total. The molecule has 5 heteroatoms. The zero-order valence-electron chi connectivity index (χ0n) is 13.4. The van der Waals surface area contributed by atoms with Gasteiger partial charge in [-0.3, -0.25) is 4.79 Å². The van der Waals surface area contributed by atoms with E-state index in [2.05, 4.69) is 6.07 Å². The maximum absolute atomic E-state index is 13.6. The minimum atomic E-state index is -0.956. The van der Waals surface area contributed by atoms with Crippen molar-refractivity contribution in [1.29, 1.82) is 0 Å². The van der Waals surface area contributed by atoms with Crippen LogP contribution in [-0.4, -0.2) is 29.4 Å². The maximum atomic E-state index is 13.6. The third-order valence-corrected chi connectivity index (χ3v) is 4.17. The highest BCUT2D eigenvalue weighted by atomic mass is 19.1. The van der Waals surface area contributed by atoms with Crippen molar-refractivity contribution in [2.24, 2.45) is 0 Å². The summed E-state index contributed by atoms with van der Waals surface area (Å²) in [5, 5.41) is 0. The van der Waals surface area contributed by atoms with Crippen LogP contribution in [0.1, 0.15) is 28.4 Å². The van der Waals surface area contributed by atoms with Crippen LogP contribution in [0.4, 0.5) is 4.39 Å². The van der Waals surface area contributed by atoms with Gasteiger partial charge >= 0.3 is 5.97 Å². The number of benzene rings is 2. The molecule has 1 heterocycles. The Bertz CT molecular complexity index is 775. The molecule has 0 radical (unpaired) electrons. The van der Waals surface area contributed by atoms with Crippen LogP contribution in [0.25, 0.3) is 0 Å². The Kier molecular flexibility index (Phi) is 4.60. The minimum Gasteiger partial charge on any atom is -0.449 e. The summed E-state index contributed by atoms with van der Waals surface area (Å²) in [4.78, 5) is 26.2. The average Bonchev–Trinajstić information content (AvgIpc) is 2.60. The topological polar surface area (TPSA) is 46.6 Å². The lowest BCUT2D eigenvalue weighted by atomic mass is 9.99. The van der Waals surface area contributed by atoms with Crippen molar-refractivity contribution in [2.45, 2.75) is 26.0 Å². The first-order valence-electron chi connectivity index (χ1n) is 7.87. The van der Waals surface area contributed by atoms with Crippen LogP contribution in [-0.2, 0) is 22.5 Å². The van der Waals surface area contributed by atoms with Crippen LogP contribution < -0.4 is 0 Å². The molecule has 0 bridgehead atoms. The van der Waals surface area contributed by atoms with Crippen molar-refractivity contribution in [1.82, 2.24) is 4.90 Å². The quantitative estimate of drug-likeness (QED) is 0.814. The number of rotatable bonds is 3. The van der Waals surface area contributed by atoms with E-state index in [1.165, 1.54) is 30.7 Å². The predicted molar refractivity (Wildman–Crippen MR) is 86.8 cm³/mol. The summed E-state index contributed by atoms with van der Waals surface area (Å²) in [7, 11) is 0. The van der Waals surface area contributed by atoms with Gasteiger partial charge in [-0.2, -0.15) is 0 Å². The van der Waals surface area contributed by atoms with E-state index in [9.17, 15) is 14.0 Å². The number of halogens is 1. The number of hydrogen-bond donors (Lipinski definition) is 0. The van der Waals surface area contributed by atoms with Crippen LogP contribution in [0.3, 0.4) is 0 Å². The number of nitrogens with zero attached hydrogens (tertiary/aromatic N) is 1. The molecule has 2 aromatic rings. The Balaban J connectivity index is 1.65. The Hall–Kier alpha value is -2.69. The second-order valence-corrected chi connectivity index (χ2v) is 5.81. The summed E-state index contributed by atoms with van der Waals surface area (Å²) in [5.74, 6) is -1.75. The Labute approximate surface area is 139 Å². The standard InChI is InChI=1S/C19H18FNO3/c1-13(24-19(23)16-8-4-5-9-17(16)20)18(22)21-11-10-14-6-2-3-7-15(14)12-21/h2-9,13H,10-12H2,1H3/t13-/m0/s1. The summed E-state index contributed by atoms with van der Waals surface area (Å²) in [5.41, 5.74) is 2.17. The maximum Gasteiger partial charge on any atom is 0.341 e. The first kappa shape index (κ1) is 16.2. The molecule has 1 atom stereocenters. The zero-order valence-corrected chi connectivity index (χ0v) is 13.4. The van der Waals surface area contributed by atoms with E-state index in [1.807, 2.05) is 18.2 Å². The van der Waals surface area contributed by atoms with Gasteiger partial charge in [-0.1, -0.05) is 36.4 Å². The number of ether oxygens (including phenoxy) is 1. The first-order valence-corrected chi connectivity index (χ1v) is 7.87. The van der Waals surface area contributed by atoms with E-state index in [1.54, 1.807) is 11.0 Å². The summed E-state index contributed by atoms with van der Waals surface area (Å²) in [6, 6.07) is 13.5. The number of carbonyl (C=O) groups excluding carboxylic acids is 2. The summed E-state index contributed by atoms with van der Waals surface area (Å²) in [6.45, 7) is 2.59. The highest BCUT2D eigenvalue weighted by Gasteiger charge is 2.27. The average molecular weight is 327 g/mol. The molecule has 0 saturated heterocycles. The molecular formula is C19H18FNO3. The van der Waals surface area contributed by atoms with E-state index in [0.717, 1.165) is 12.0 Å². The molecule has 1 amide bonds. The fourth-order valence-corrected chi connectivity index (χ4v) is 2.84. The number of hydrogen-bond acceptors (Lipinski definition) is 3. The van der Waals surface area contributed by atoms with Gasteiger partial charge in [-0.05, 0) is 36.6 Å². The van der Waals surface area contributed by atoms with Gasteiger partial charge in [0.25, 0.3) is 5.91 Å². The number of fused-ring (bicyclic) bond motifs is 1. The van der Waals surface area contributed by atoms with Gasteiger partial charge in [0.2, 0.25) is 0 Å². The number of carbonyl (C=O) groups is 2. The van der Waals surface area contributed by atoms with Crippen LogP contribution in [0, 0.1) is 5.82 Å². The Morgan fingerprint density at radius 2 is 1.75 bits per heavy atom. The molecule has 0 aliphatic carbocycles. The van der Waals surface area contributed by atoms with Crippen LogP contribution in [0.2, 0.25) is 0 Å². The Morgan fingerprint density at radius 1 is 1.08 bits per heavy atom. The molecule has 1 aliphatic rings. The molecule has 24 heavy (non-hydrogen) atoms. The monoisotopic (exact) mass is 327 g/mol. The van der Waals surface area contributed by atoms with E-state index in [4.69, 9.17) is 4.74 Å². The molecule has 0 aromatic heterocycles. The fraction of sp³-hybridized carbons (Fsp3) is 0.263. The second kappa shape index (κ2) is 6.83. The van der Waals surface area contributed by atoms with Crippen LogP contribution in [0.15, 0.2) is 48.5 Å². The third-order valence-electron chi connectivity index (χ3n) is 4.17. The van der Waals surface area contributed by atoms with Crippen LogP contribution in [0.5, 0.6) is 0 Å². The molecule has 3 rings (SSSR count). The summed E-state index contributed by atoms with van der Waals surface area (Å²) >= 11 is 0. The molecule has 0 saturated carbocycles. The van der Waals surface area contributed by atoms with Crippen molar-refractivity contribution in [3.63, 3.8) is 0 Å². The largest absolute Gasteiger partial charge is 0.449 e. The lowest BCUT2D eigenvalue weighted by Gasteiger charge is -2.30. The molecule has 0 spiro atoms. The Morgan fingerprint density at radius 3 is 2.50 bits per heavy atom. The SMILES string of the molecule is C[C@H](OC(=O)c1ccccc1F)C(=O)N1CCc2ccccc2C1. The van der Waals surface area contributed by atoms with E-state index >= 15 is 0 Å². The van der Waals surface area contributed by atoms with Crippen molar-refractivity contribution in [3.05, 3.63) is 71.0 Å². The summed E-state index contributed by atoms with van der Waals surface area (Å²) in [6.07, 6.45) is -0.182. The van der Waals surface area contributed by atoms with Gasteiger partial charge in [-0.25, -0.2) is 9.18 Å². The van der Waals surface area contributed by atoms with Crippen molar-refractivity contribution in [3.8, 4) is 0 Å². The van der Waals surface area contributed by atoms with Gasteiger partial charge in [0, 0.05) is 13.1 Å². The van der Waals surface area contributed by atoms with Crippen LogP contribution >= 0.6 is 0 Å². The molecule has 0 fully saturated rings. The van der Waals surface area contributed by atoms with Crippen molar-refractivity contribution < 1.29 is 18.7 Å². The lowest BCUT2D eigenvalue weighted by molar-refractivity contribution is -0.140. The predicted octanol–water partition coefficient (Wildman–Crippen LogP) is 2.96.